The Kier molecular flexibility index (Phi) is 6.33. The van der Waals surface area contributed by atoms with Crippen LogP contribution in [0.25, 0.3) is 0 Å². The number of hydrogen-bond donors (Lipinski definition) is 1. The van der Waals surface area contributed by atoms with Gasteiger partial charge in [-0.2, -0.15) is 0 Å². The molecule has 1 aromatic carbocycles. The lowest BCUT2D eigenvalue weighted by Crippen LogP contribution is -2.21. The average Bonchev–Trinajstić information content (AvgIpc) is 2.38. The highest BCUT2D eigenvalue weighted by molar-refractivity contribution is 5.72. The second kappa shape index (κ2) is 7.85. The van der Waals surface area contributed by atoms with Crippen LogP contribution in [-0.4, -0.2) is 17.7 Å². The van der Waals surface area contributed by atoms with Gasteiger partial charge in [0.15, 0.2) is 0 Å². The standard InChI is InChI=1S/C14H20O3/c1-2-3-9-13(10-15)14(16)17-11-12-7-5-4-6-8-12/h4-8,13,15H,2-3,9-11H2,1H3/t13-/m1/s1. The first-order valence-corrected chi connectivity index (χ1v) is 6.09. The van der Waals surface area contributed by atoms with Crippen LogP contribution in [0.5, 0.6) is 0 Å². The summed E-state index contributed by atoms with van der Waals surface area (Å²) in [7, 11) is 0. The Morgan fingerprint density at radius 3 is 2.65 bits per heavy atom. The van der Waals surface area contributed by atoms with Crippen molar-refractivity contribution in [2.75, 3.05) is 6.61 Å². The lowest BCUT2D eigenvalue weighted by atomic mass is 10.0. The van der Waals surface area contributed by atoms with Gasteiger partial charge in [-0.15, -0.1) is 0 Å². The molecule has 94 valence electrons. The number of carbonyl (C=O) groups excluding carboxylic acids is 1. The lowest BCUT2D eigenvalue weighted by molar-refractivity contribution is -0.151. The molecule has 0 radical (unpaired) electrons. The van der Waals surface area contributed by atoms with Gasteiger partial charge in [-0.25, -0.2) is 0 Å². The van der Waals surface area contributed by atoms with E-state index in [9.17, 15) is 4.79 Å². The summed E-state index contributed by atoms with van der Waals surface area (Å²) in [5, 5.41) is 9.12. The number of unbranched alkanes of at least 4 members (excludes halogenated alkanes) is 1. The minimum Gasteiger partial charge on any atom is -0.461 e. The van der Waals surface area contributed by atoms with Gasteiger partial charge in [0.2, 0.25) is 0 Å². The third-order valence-electron chi connectivity index (χ3n) is 2.68. The summed E-state index contributed by atoms with van der Waals surface area (Å²) < 4.78 is 5.18. The predicted molar refractivity (Wildman–Crippen MR) is 66.3 cm³/mol. The minimum absolute atomic E-state index is 0.131. The molecule has 17 heavy (non-hydrogen) atoms. The first kappa shape index (κ1) is 13.7. The molecule has 1 rings (SSSR count). The van der Waals surface area contributed by atoms with Crippen LogP contribution in [0.15, 0.2) is 30.3 Å². The largest absolute Gasteiger partial charge is 0.461 e. The van der Waals surface area contributed by atoms with E-state index < -0.39 is 0 Å². The zero-order chi connectivity index (χ0) is 12.5. The Labute approximate surface area is 102 Å². The van der Waals surface area contributed by atoms with E-state index in [0.717, 1.165) is 18.4 Å². The molecule has 0 spiro atoms. The summed E-state index contributed by atoms with van der Waals surface area (Å²) >= 11 is 0. The lowest BCUT2D eigenvalue weighted by Gasteiger charge is -2.13. The van der Waals surface area contributed by atoms with E-state index in [-0.39, 0.29) is 25.1 Å². The summed E-state index contributed by atoms with van der Waals surface area (Å²) in [6, 6.07) is 9.55. The molecule has 0 aromatic heterocycles. The van der Waals surface area contributed by atoms with E-state index in [1.54, 1.807) is 0 Å². The highest BCUT2D eigenvalue weighted by Gasteiger charge is 2.18. The molecule has 1 aromatic rings. The fourth-order valence-electron chi connectivity index (χ4n) is 1.58. The summed E-state index contributed by atoms with van der Waals surface area (Å²) in [5.41, 5.74) is 0.966. The Morgan fingerprint density at radius 1 is 1.35 bits per heavy atom. The Morgan fingerprint density at radius 2 is 2.06 bits per heavy atom. The molecule has 1 N–H and O–H groups in total. The number of ether oxygens (including phenoxy) is 1. The van der Waals surface area contributed by atoms with Gasteiger partial charge in [0.25, 0.3) is 0 Å². The van der Waals surface area contributed by atoms with Crippen LogP contribution in [0.4, 0.5) is 0 Å². The third-order valence-corrected chi connectivity index (χ3v) is 2.68. The van der Waals surface area contributed by atoms with E-state index in [2.05, 4.69) is 6.92 Å². The number of aliphatic hydroxyl groups excluding tert-OH is 1. The molecule has 0 aliphatic heterocycles. The quantitative estimate of drug-likeness (QED) is 0.740. The normalized spacial score (nSPS) is 12.1. The molecule has 0 heterocycles. The van der Waals surface area contributed by atoms with Crippen molar-refractivity contribution in [3.8, 4) is 0 Å². The van der Waals surface area contributed by atoms with Crippen LogP contribution >= 0.6 is 0 Å². The van der Waals surface area contributed by atoms with E-state index >= 15 is 0 Å². The molecular formula is C14H20O3. The monoisotopic (exact) mass is 236 g/mol. The highest BCUT2D eigenvalue weighted by Crippen LogP contribution is 2.11. The molecule has 0 aliphatic carbocycles. The van der Waals surface area contributed by atoms with Gasteiger partial charge in [0.05, 0.1) is 12.5 Å². The molecule has 0 bridgehead atoms. The van der Waals surface area contributed by atoms with Crippen LogP contribution in [-0.2, 0) is 16.1 Å². The van der Waals surface area contributed by atoms with E-state index in [1.807, 2.05) is 30.3 Å². The molecule has 0 fully saturated rings. The fourth-order valence-corrected chi connectivity index (χ4v) is 1.58. The summed E-state index contributed by atoms with van der Waals surface area (Å²) in [6.07, 6.45) is 2.65. The topological polar surface area (TPSA) is 46.5 Å². The first-order chi connectivity index (χ1) is 8.27. The maximum atomic E-state index is 11.7. The second-order valence-corrected chi connectivity index (χ2v) is 4.12. The SMILES string of the molecule is CCCC[C@H](CO)C(=O)OCc1ccccc1. The molecule has 3 nitrogen and oxygen atoms in total. The van der Waals surface area contributed by atoms with Gasteiger partial charge in [0, 0.05) is 0 Å². The van der Waals surface area contributed by atoms with Crippen LogP contribution < -0.4 is 0 Å². The van der Waals surface area contributed by atoms with Crippen molar-refractivity contribution in [1.29, 1.82) is 0 Å². The van der Waals surface area contributed by atoms with E-state index in [0.29, 0.717) is 6.42 Å². The number of esters is 1. The van der Waals surface area contributed by atoms with Crippen LogP contribution in [0.2, 0.25) is 0 Å². The first-order valence-electron chi connectivity index (χ1n) is 6.09. The number of rotatable bonds is 7. The van der Waals surface area contributed by atoms with Crippen LogP contribution in [0, 0.1) is 5.92 Å². The molecule has 0 aliphatic rings. The fraction of sp³-hybridized carbons (Fsp3) is 0.500. The van der Waals surface area contributed by atoms with Gasteiger partial charge >= 0.3 is 5.97 Å². The summed E-state index contributed by atoms with van der Waals surface area (Å²) in [4.78, 5) is 11.7. The van der Waals surface area contributed by atoms with Gasteiger partial charge in [-0.05, 0) is 12.0 Å². The zero-order valence-corrected chi connectivity index (χ0v) is 10.3. The van der Waals surface area contributed by atoms with Crippen molar-refractivity contribution in [2.45, 2.75) is 32.8 Å². The van der Waals surface area contributed by atoms with Crippen molar-refractivity contribution in [3.63, 3.8) is 0 Å². The van der Waals surface area contributed by atoms with Crippen molar-refractivity contribution in [1.82, 2.24) is 0 Å². The average molecular weight is 236 g/mol. The molecule has 1 atom stereocenters. The highest BCUT2D eigenvalue weighted by atomic mass is 16.5. The molecule has 0 amide bonds. The van der Waals surface area contributed by atoms with Gasteiger partial charge in [0.1, 0.15) is 6.61 Å². The van der Waals surface area contributed by atoms with E-state index in [1.165, 1.54) is 0 Å². The van der Waals surface area contributed by atoms with Crippen molar-refractivity contribution >= 4 is 5.97 Å². The number of aliphatic hydroxyl groups is 1. The van der Waals surface area contributed by atoms with Gasteiger partial charge < -0.3 is 9.84 Å². The third kappa shape index (κ3) is 5.00. The Hall–Kier alpha value is -1.35. The molecule has 0 saturated carbocycles. The molecule has 0 unspecified atom stereocenters. The van der Waals surface area contributed by atoms with Crippen molar-refractivity contribution < 1.29 is 14.6 Å². The molecule has 3 heteroatoms. The van der Waals surface area contributed by atoms with Gasteiger partial charge in [-0.3, -0.25) is 4.79 Å². The Balaban J connectivity index is 2.37. The van der Waals surface area contributed by atoms with Crippen LogP contribution in [0.3, 0.4) is 0 Å². The second-order valence-electron chi connectivity index (χ2n) is 4.12. The van der Waals surface area contributed by atoms with Gasteiger partial charge in [-0.1, -0.05) is 50.1 Å². The maximum Gasteiger partial charge on any atom is 0.311 e. The van der Waals surface area contributed by atoms with Crippen molar-refractivity contribution in [2.24, 2.45) is 5.92 Å². The Bertz CT molecular complexity index is 321. The van der Waals surface area contributed by atoms with E-state index in [4.69, 9.17) is 9.84 Å². The number of carbonyl (C=O) groups is 1. The summed E-state index contributed by atoms with van der Waals surface area (Å²) in [6.45, 7) is 2.21. The van der Waals surface area contributed by atoms with Crippen LogP contribution in [0.1, 0.15) is 31.7 Å². The zero-order valence-electron chi connectivity index (χ0n) is 10.3. The molecule has 0 saturated heterocycles. The summed E-state index contributed by atoms with van der Waals surface area (Å²) in [5.74, 6) is -0.677. The molecular weight excluding hydrogens is 216 g/mol. The predicted octanol–water partition coefficient (Wildman–Crippen LogP) is 2.53. The number of hydrogen-bond acceptors (Lipinski definition) is 3. The smallest absolute Gasteiger partial charge is 0.311 e. The number of benzene rings is 1. The van der Waals surface area contributed by atoms with Crippen molar-refractivity contribution in [3.05, 3.63) is 35.9 Å². The minimum atomic E-state index is -0.376. The maximum absolute atomic E-state index is 11.7.